The Kier molecular flexibility index (Phi) is 4.26. The highest BCUT2D eigenvalue weighted by Crippen LogP contribution is 2.34. The largest absolute Gasteiger partial charge is 0.480 e. The van der Waals surface area contributed by atoms with Gasteiger partial charge in [0.1, 0.15) is 17.4 Å². The summed E-state index contributed by atoms with van der Waals surface area (Å²) in [7, 11) is 0. The lowest BCUT2D eigenvalue weighted by atomic mass is 10.1. The molecule has 0 saturated carbocycles. The van der Waals surface area contributed by atoms with Crippen LogP contribution in [0.1, 0.15) is 24.0 Å². The fourth-order valence-electron chi connectivity index (χ4n) is 3.62. The smallest absolute Gasteiger partial charge is 0.265 e. The third-order valence-corrected chi connectivity index (χ3v) is 4.96. The van der Waals surface area contributed by atoms with E-state index in [2.05, 4.69) is 10.2 Å². The Bertz CT molecular complexity index is 832. The van der Waals surface area contributed by atoms with Gasteiger partial charge in [0.25, 0.3) is 5.91 Å². The molecule has 2 aromatic carbocycles. The molecule has 1 saturated heterocycles. The van der Waals surface area contributed by atoms with Crippen LogP contribution in [-0.4, -0.2) is 25.1 Å². The third kappa shape index (κ3) is 3.11. The molecule has 2 aliphatic rings. The molecule has 1 fully saturated rings. The van der Waals surface area contributed by atoms with E-state index in [-0.39, 0.29) is 12.2 Å². The van der Waals surface area contributed by atoms with Crippen molar-refractivity contribution in [1.29, 1.82) is 0 Å². The Labute approximate surface area is 150 Å². The van der Waals surface area contributed by atoms with Crippen LogP contribution in [0.25, 0.3) is 0 Å². The summed E-state index contributed by atoms with van der Waals surface area (Å²) in [5.74, 6) is -0.745. The predicted molar refractivity (Wildman–Crippen MR) is 95.7 cm³/mol. The zero-order valence-electron chi connectivity index (χ0n) is 14.5. The summed E-state index contributed by atoms with van der Waals surface area (Å²) in [5, 5.41) is 2.71. The maximum Gasteiger partial charge on any atom is 0.265 e. The SMILES string of the molecule is Cc1ccc(F)c2c1OC(C(=O)Nc1cc(F)cc(N3CCCC3)c1)C2. The van der Waals surface area contributed by atoms with Gasteiger partial charge in [-0.3, -0.25) is 4.79 Å². The van der Waals surface area contributed by atoms with Crippen LogP contribution in [0.3, 0.4) is 0 Å². The first-order valence-electron chi connectivity index (χ1n) is 8.82. The highest BCUT2D eigenvalue weighted by molar-refractivity contribution is 5.95. The lowest BCUT2D eigenvalue weighted by Crippen LogP contribution is -2.31. The Morgan fingerprint density at radius 1 is 1.19 bits per heavy atom. The number of hydrogen-bond acceptors (Lipinski definition) is 3. The summed E-state index contributed by atoms with van der Waals surface area (Å²) in [5.41, 5.74) is 2.35. The zero-order chi connectivity index (χ0) is 18.3. The Morgan fingerprint density at radius 3 is 2.69 bits per heavy atom. The van der Waals surface area contributed by atoms with Crippen LogP contribution in [0.5, 0.6) is 5.75 Å². The normalized spacial score (nSPS) is 18.6. The number of nitrogens with zero attached hydrogens (tertiary/aromatic N) is 1. The average molecular weight is 358 g/mol. The molecule has 136 valence electrons. The second-order valence-corrected chi connectivity index (χ2v) is 6.86. The van der Waals surface area contributed by atoms with Gasteiger partial charge in [-0.1, -0.05) is 6.07 Å². The molecule has 0 radical (unpaired) electrons. The Morgan fingerprint density at radius 2 is 1.96 bits per heavy atom. The fourth-order valence-corrected chi connectivity index (χ4v) is 3.62. The van der Waals surface area contributed by atoms with E-state index in [4.69, 9.17) is 4.74 Å². The molecule has 1 unspecified atom stereocenters. The molecule has 1 amide bonds. The van der Waals surface area contributed by atoms with E-state index in [9.17, 15) is 13.6 Å². The summed E-state index contributed by atoms with van der Waals surface area (Å²) < 4.78 is 33.6. The molecule has 26 heavy (non-hydrogen) atoms. The molecule has 6 heteroatoms. The van der Waals surface area contributed by atoms with Crippen LogP contribution >= 0.6 is 0 Å². The molecule has 0 aromatic heterocycles. The number of aryl methyl sites for hydroxylation is 1. The molecule has 1 atom stereocenters. The lowest BCUT2D eigenvalue weighted by molar-refractivity contribution is -0.122. The fraction of sp³-hybridized carbons (Fsp3) is 0.350. The molecule has 1 N–H and O–H groups in total. The first kappa shape index (κ1) is 16.8. The zero-order valence-corrected chi connectivity index (χ0v) is 14.5. The highest BCUT2D eigenvalue weighted by atomic mass is 19.1. The molecule has 4 nitrogen and oxygen atoms in total. The van der Waals surface area contributed by atoms with Crippen molar-refractivity contribution in [3.8, 4) is 5.75 Å². The summed E-state index contributed by atoms with van der Waals surface area (Å²) in [4.78, 5) is 14.7. The van der Waals surface area contributed by atoms with Gasteiger partial charge >= 0.3 is 0 Å². The number of halogens is 2. The quantitative estimate of drug-likeness (QED) is 0.907. The Balaban J connectivity index is 1.51. The number of hydrogen-bond donors (Lipinski definition) is 1. The van der Waals surface area contributed by atoms with Crippen LogP contribution in [-0.2, 0) is 11.2 Å². The van der Waals surface area contributed by atoms with Crippen molar-refractivity contribution in [2.45, 2.75) is 32.3 Å². The lowest BCUT2D eigenvalue weighted by Gasteiger charge is -2.19. The van der Waals surface area contributed by atoms with E-state index in [1.54, 1.807) is 12.1 Å². The summed E-state index contributed by atoms with van der Waals surface area (Å²) in [6.45, 7) is 3.58. The third-order valence-electron chi connectivity index (χ3n) is 4.96. The molecular weight excluding hydrogens is 338 g/mol. The van der Waals surface area contributed by atoms with E-state index < -0.39 is 17.8 Å². The minimum Gasteiger partial charge on any atom is -0.480 e. The van der Waals surface area contributed by atoms with Crippen LogP contribution < -0.4 is 15.0 Å². The van der Waals surface area contributed by atoms with Gasteiger partial charge in [0.2, 0.25) is 0 Å². The van der Waals surface area contributed by atoms with Crippen molar-refractivity contribution >= 4 is 17.3 Å². The average Bonchev–Trinajstić information content (AvgIpc) is 3.27. The van der Waals surface area contributed by atoms with Gasteiger partial charge in [-0.2, -0.15) is 0 Å². The van der Waals surface area contributed by atoms with Crippen LogP contribution in [0.4, 0.5) is 20.2 Å². The predicted octanol–water partition coefficient (Wildman–Crippen LogP) is 3.82. The second-order valence-electron chi connectivity index (χ2n) is 6.86. The van der Waals surface area contributed by atoms with E-state index in [0.29, 0.717) is 17.0 Å². The maximum atomic E-state index is 14.0. The maximum absolute atomic E-state index is 14.0. The number of carbonyl (C=O) groups excluding carboxylic acids is 1. The van der Waals surface area contributed by atoms with Gasteiger partial charge < -0.3 is 15.0 Å². The first-order valence-corrected chi connectivity index (χ1v) is 8.82. The van der Waals surface area contributed by atoms with Crippen LogP contribution in [0, 0.1) is 18.6 Å². The number of benzene rings is 2. The number of amides is 1. The summed E-state index contributed by atoms with van der Waals surface area (Å²) >= 11 is 0. The molecule has 2 heterocycles. The number of fused-ring (bicyclic) bond motifs is 1. The Hall–Kier alpha value is -2.63. The summed E-state index contributed by atoms with van der Waals surface area (Å²) in [6, 6.07) is 7.53. The molecule has 4 rings (SSSR count). The molecule has 2 aliphatic heterocycles. The number of anilines is 2. The molecule has 0 spiro atoms. The van der Waals surface area contributed by atoms with E-state index in [1.165, 1.54) is 18.2 Å². The minimum atomic E-state index is -0.820. The molecular formula is C20H20F2N2O2. The van der Waals surface area contributed by atoms with Crippen molar-refractivity contribution in [3.05, 3.63) is 53.1 Å². The van der Waals surface area contributed by atoms with Crippen molar-refractivity contribution in [1.82, 2.24) is 0 Å². The number of rotatable bonds is 3. The number of ether oxygens (including phenoxy) is 1. The van der Waals surface area contributed by atoms with Crippen molar-refractivity contribution in [2.24, 2.45) is 0 Å². The van der Waals surface area contributed by atoms with E-state index >= 15 is 0 Å². The van der Waals surface area contributed by atoms with Crippen molar-refractivity contribution in [3.63, 3.8) is 0 Å². The number of carbonyl (C=O) groups is 1. The minimum absolute atomic E-state index is 0.170. The molecule has 0 aliphatic carbocycles. The van der Waals surface area contributed by atoms with Crippen LogP contribution in [0.15, 0.2) is 30.3 Å². The van der Waals surface area contributed by atoms with Crippen molar-refractivity contribution < 1.29 is 18.3 Å². The second kappa shape index (κ2) is 6.59. The highest BCUT2D eigenvalue weighted by Gasteiger charge is 2.32. The first-order chi connectivity index (χ1) is 12.5. The van der Waals surface area contributed by atoms with Gasteiger partial charge in [0.15, 0.2) is 6.10 Å². The topological polar surface area (TPSA) is 41.6 Å². The van der Waals surface area contributed by atoms with E-state index in [0.717, 1.165) is 37.2 Å². The van der Waals surface area contributed by atoms with Gasteiger partial charge in [-0.15, -0.1) is 0 Å². The monoisotopic (exact) mass is 358 g/mol. The van der Waals surface area contributed by atoms with Crippen LogP contribution in [0.2, 0.25) is 0 Å². The van der Waals surface area contributed by atoms with Crippen molar-refractivity contribution in [2.75, 3.05) is 23.3 Å². The molecule has 0 bridgehead atoms. The standard InChI is InChI=1S/C20H20F2N2O2/c1-12-4-5-17(22)16-11-18(26-19(12)16)20(25)23-14-8-13(21)9-15(10-14)24-6-2-3-7-24/h4-5,8-10,18H,2-3,6-7,11H2,1H3,(H,23,25). The number of nitrogens with one attached hydrogen (secondary N) is 1. The van der Waals surface area contributed by atoms with Gasteiger partial charge in [-0.25, -0.2) is 8.78 Å². The summed E-state index contributed by atoms with van der Waals surface area (Å²) in [6.07, 6.45) is 1.51. The van der Waals surface area contributed by atoms with Gasteiger partial charge in [0.05, 0.1) is 0 Å². The van der Waals surface area contributed by atoms with Gasteiger partial charge in [-0.05, 0) is 49.6 Å². The molecule has 2 aromatic rings. The van der Waals surface area contributed by atoms with Gasteiger partial charge in [0, 0.05) is 36.4 Å². The van der Waals surface area contributed by atoms with E-state index in [1.807, 2.05) is 6.92 Å².